The van der Waals surface area contributed by atoms with Crippen molar-refractivity contribution in [3.63, 3.8) is 0 Å². The molecule has 10 heteroatoms. The van der Waals surface area contributed by atoms with Gasteiger partial charge >= 0.3 is 0 Å². The molecule has 0 saturated heterocycles. The third-order valence-corrected chi connectivity index (χ3v) is 12.0. The number of benzene rings is 4. The van der Waals surface area contributed by atoms with Crippen LogP contribution in [0.25, 0.3) is 33.6 Å². The molecular formula is C48H54N8O2. The predicted molar refractivity (Wildman–Crippen MR) is 229 cm³/mol. The summed E-state index contributed by atoms with van der Waals surface area (Å²) in [6, 6.07) is 36.0. The molecule has 6 unspecified atom stereocenters. The lowest BCUT2D eigenvalue weighted by atomic mass is 9.86. The topological polar surface area (TPSA) is 168 Å². The number of carbonyl (C=O) groups excluding carboxylic acids is 2. The van der Waals surface area contributed by atoms with Gasteiger partial charge in [-0.2, -0.15) is 0 Å². The third kappa shape index (κ3) is 7.62. The second-order valence-corrected chi connectivity index (χ2v) is 18.5. The lowest BCUT2D eigenvalue weighted by Gasteiger charge is -2.31. The summed E-state index contributed by atoms with van der Waals surface area (Å²) < 4.78 is 0. The summed E-state index contributed by atoms with van der Waals surface area (Å²) in [6.45, 7) is 12.5. The molecule has 2 saturated carbocycles. The number of nitrogens with zero attached hydrogens (tertiary/aromatic N) is 2. The van der Waals surface area contributed by atoms with E-state index in [1.165, 1.54) is 0 Å². The molecule has 2 aliphatic carbocycles. The Hall–Kier alpha value is -5.84. The lowest BCUT2D eigenvalue weighted by molar-refractivity contribution is -0.125. The molecule has 8 rings (SSSR count). The van der Waals surface area contributed by atoms with Crippen LogP contribution in [0.4, 0.5) is 0 Å². The van der Waals surface area contributed by atoms with Gasteiger partial charge in [-0.05, 0) is 57.1 Å². The molecule has 2 fully saturated rings. The molecule has 0 spiro atoms. The van der Waals surface area contributed by atoms with Crippen LogP contribution in [0.3, 0.4) is 0 Å². The van der Waals surface area contributed by atoms with E-state index < -0.39 is 11.1 Å². The summed E-state index contributed by atoms with van der Waals surface area (Å²) in [6.07, 6.45) is 4.88. The maximum absolute atomic E-state index is 13.6. The fourth-order valence-corrected chi connectivity index (χ4v) is 8.13. The number of carbonyl (C=O) groups is 2. The lowest BCUT2D eigenvalue weighted by Crippen LogP contribution is -2.48. The Morgan fingerprint density at radius 3 is 1.22 bits per heavy atom. The van der Waals surface area contributed by atoms with E-state index in [1.807, 2.05) is 73.1 Å². The average molecular weight is 775 g/mol. The van der Waals surface area contributed by atoms with E-state index >= 15 is 0 Å². The quantitative estimate of drug-likeness (QED) is 0.0774. The summed E-state index contributed by atoms with van der Waals surface area (Å²) in [5, 5.41) is 6.47. The molecule has 2 heterocycles. The van der Waals surface area contributed by atoms with Gasteiger partial charge in [-0.1, -0.05) is 151 Å². The second kappa shape index (κ2) is 14.5. The maximum Gasteiger partial charge on any atom is 0.241 e. The van der Waals surface area contributed by atoms with Gasteiger partial charge in [-0.3, -0.25) is 9.59 Å². The van der Waals surface area contributed by atoms with Gasteiger partial charge in [0.2, 0.25) is 11.8 Å². The predicted octanol–water partition coefficient (Wildman–Crippen LogP) is 8.31. The maximum atomic E-state index is 13.6. The van der Waals surface area contributed by atoms with E-state index in [4.69, 9.17) is 21.4 Å². The first kappa shape index (κ1) is 39.0. The number of imidazole rings is 2. The minimum Gasteiger partial charge on any atom is -0.344 e. The van der Waals surface area contributed by atoms with E-state index in [0.717, 1.165) is 44.8 Å². The van der Waals surface area contributed by atoms with E-state index in [1.54, 1.807) is 0 Å². The molecule has 2 aliphatic rings. The van der Waals surface area contributed by atoms with Crippen LogP contribution in [0.15, 0.2) is 122 Å². The normalized spacial score (nSPS) is 22.5. The number of nitrogens with two attached hydrogens (primary N) is 2. The van der Waals surface area contributed by atoms with Crippen molar-refractivity contribution < 1.29 is 9.59 Å². The summed E-state index contributed by atoms with van der Waals surface area (Å²) in [5.41, 5.74) is 18.8. The molecule has 0 aliphatic heterocycles. The highest BCUT2D eigenvalue weighted by Gasteiger charge is 2.59. The second-order valence-electron chi connectivity index (χ2n) is 18.5. The molecular weight excluding hydrogens is 721 g/mol. The molecule has 58 heavy (non-hydrogen) atoms. The van der Waals surface area contributed by atoms with Gasteiger partial charge in [0.1, 0.15) is 22.7 Å². The minimum absolute atomic E-state index is 0.00232. The molecule has 10 nitrogen and oxygen atoms in total. The number of aromatic amines is 2. The van der Waals surface area contributed by atoms with Crippen LogP contribution in [0.5, 0.6) is 0 Å². The van der Waals surface area contributed by atoms with Crippen molar-refractivity contribution in [1.29, 1.82) is 0 Å². The smallest absolute Gasteiger partial charge is 0.241 e. The number of rotatable bonds is 11. The van der Waals surface area contributed by atoms with Gasteiger partial charge in [-0.25, -0.2) is 9.97 Å². The van der Waals surface area contributed by atoms with Gasteiger partial charge in [0.05, 0.1) is 35.9 Å². The summed E-state index contributed by atoms with van der Waals surface area (Å²) in [5.74, 6) is 1.08. The Labute approximate surface area is 340 Å². The van der Waals surface area contributed by atoms with Crippen molar-refractivity contribution in [2.75, 3.05) is 0 Å². The fourth-order valence-electron chi connectivity index (χ4n) is 8.13. The number of hydrogen-bond acceptors (Lipinski definition) is 6. The fraction of sp³-hybridized carbons (Fsp3) is 0.333. The number of nitrogens with one attached hydrogen (secondary N) is 4. The van der Waals surface area contributed by atoms with Crippen LogP contribution in [0.2, 0.25) is 0 Å². The Kier molecular flexibility index (Phi) is 9.76. The molecule has 2 amide bonds. The zero-order valence-corrected chi connectivity index (χ0v) is 34.1. The molecule has 8 N–H and O–H groups in total. The zero-order chi connectivity index (χ0) is 41.0. The van der Waals surface area contributed by atoms with Crippen LogP contribution in [-0.4, -0.2) is 42.8 Å². The highest BCUT2D eigenvalue weighted by atomic mass is 16.2. The van der Waals surface area contributed by atoms with Crippen LogP contribution in [-0.2, 0) is 9.59 Å². The molecule has 2 aromatic heterocycles. The van der Waals surface area contributed by atoms with Crippen molar-refractivity contribution in [2.24, 2.45) is 22.3 Å². The van der Waals surface area contributed by atoms with Crippen molar-refractivity contribution in [1.82, 2.24) is 30.6 Å². The Morgan fingerprint density at radius 2 is 0.897 bits per heavy atom. The zero-order valence-electron chi connectivity index (χ0n) is 34.1. The van der Waals surface area contributed by atoms with Crippen LogP contribution in [0, 0.1) is 10.8 Å². The first-order valence-corrected chi connectivity index (χ1v) is 20.2. The molecule has 6 atom stereocenters. The van der Waals surface area contributed by atoms with Crippen LogP contribution >= 0.6 is 0 Å². The molecule has 0 bridgehead atoms. The monoisotopic (exact) mass is 774 g/mol. The largest absolute Gasteiger partial charge is 0.344 e. The van der Waals surface area contributed by atoms with Gasteiger partial charge in [-0.15, -0.1) is 0 Å². The van der Waals surface area contributed by atoms with E-state index in [0.29, 0.717) is 24.5 Å². The van der Waals surface area contributed by atoms with Gasteiger partial charge in [0, 0.05) is 11.8 Å². The number of hydrogen-bond donors (Lipinski definition) is 6. The number of H-pyrrole nitrogens is 2. The van der Waals surface area contributed by atoms with Crippen LogP contribution in [0.1, 0.15) is 101 Å². The van der Waals surface area contributed by atoms with Crippen molar-refractivity contribution in [3.8, 4) is 33.6 Å². The van der Waals surface area contributed by atoms with Crippen LogP contribution < -0.4 is 22.1 Å². The van der Waals surface area contributed by atoms with E-state index in [-0.39, 0.29) is 46.6 Å². The van der Waals surface area contributed by atoms with Crippen molar-refractivity contribution in [2.45, 2.75) is 89.4 Å². The highest BCUT2D eigenvalue weighted by Crippen LogP contribution is 2.51. The van der Waals surface area contributed by atoms with Gasteiger partial charge in [0.15, 0.2) is 0 Å². The van der Waals surface area contributed by atoms with E-state index in [2.05, 4.69) is 111 Å². The molecule has 298 valence electrons. The SMILES string of the molecule is CC(C)(C)C(NC(=O)C1(N)CC1c1ccccc1)c1ncc(-c2ccc(-c3ccc(-c4cnc(C(NC(=O)C5(N)CC5c5ccccc5)C(C)(C)C)[nH]4)cc3)cc2)[nH]1. The number of amides is 2. The number of aromatic nitrogens is 4. The standard InChI is InChI=1S/C48H54N8O2/c1-45(2,3)39(55-43(57)47(49)25-35(47)31-13-9-7-10-14-31)41-51-27-37(53-41)33-21-17-29(18-22-33)30-19-23-34(24-20-30)38-28-52-42(54-38)40(46(4,5)6)56-44(58)48(50)26-36(48)32-15-11-8-12-16-32/h7-24,27-28,35-36,39-40H,25-26,49-50H2,1-6H3,(H,51,53)(H,52,54)(H,55,57)(H,56,58). The highest BCUT2D eigenvalue weighted by molar-refractivity contribution is 5.92. The molecule has 6 aromatic rings. The Bertz CT molecular complexity index is 2240. The Morgan fingerprint density at radius 1 is 0.569 bits per heavy atom. The average Bonchev–Trinajstić information content (AvgIpc) is 3.89. The summed E-state index contributed by atoms with van der Waals surface area (Å²) >= 11 is 0. The Balaban J connectivity index is 0.924. The first-order chi connectivity index (χ1) is 27.5. The van der Waals surface area contributed by atoms with Crippen molar-refractivity contribution >= 4 is 11.8 Å². The summed E-state index contributed by atoms with van der Waals surface area (Å²) in [4.78, 5) is 43.6. The third-order valence-electron chi connectivity index (χ3n) is 12.0. The van der Waals surface area contributed by atoms with E-state index in [9.17, 15) is 9.59 Å². The summed E-state index contributed by atoms with van der Waals surface area (Å²) in [7, 11) is 0. The molecule has 4 aromatic carbocycles. The molecule has 0 radical (unpaired) electrons. The van der Waals surface area contributed by atoms with Gasteiger partial charge < -0.3 is 32.1 Å². The van der Waals surface area contributed by atoms with Crippen molar-refractivity contribution in [3.05, 3.63) is 144 Å². The van der Waals surface area contributed by atoms with Gasteiger partial charge in [0.25, 0.3) is 0 Å². The first-order valence-electron chi connectivity index (χ1n) is 20.2. The minimum atomic E-state index is -0.929.